The molecule has 2 aromatic heterocycles. The van der Waals surface area contributed by atoms with Gasteiger partial charge in [-0.1, -0.05) is 146 Å². The highest BCUT2D eigenvalue weighted by Gasteiger charge is 2.24. The maximum absolute atomic E-state index is 6.55. The number of hydrogen-bond acceptors (Lipinski definition) is 4. The minimum atomic E-state index is -0.520. The highest BCUT2D eigenvalue weighted by Crippen LogP contribution is 2.39. The van der Waals surface area contributed by atoms with Crippen LogP contribution in [0.15, 0.2) is 209 Å². The molecule has 8 aromatic carbocycles. The molecular weight excluding hydrogens is 685 g/mol. The summed E-state index contributed by atoms with van der Waals surface area (Å²) in [4.78, 5) is 10.7. The normalized spacial score (nSPS) is 14.2. The van der Waals surface area contributed by atoms with Crippen LogP contribution in [0.2, 0.25) is 0 Å². The fraction of sp³-hybridized carbons (Fsp3) is 0.0196. The molecule has 0 spiro atoms. The maximum atomic E-state index is 6.55. The van der Waals surface area contributed by atoms with E-state index in [4.69, 9.17) is 14.4 Å². The van der Waals surface area contributed by atoms with Gasteiger partial charge in [-0.15, -0.1) is 0 Å². The summed E-state index contributed by atoms with van der Waals surface area (Å²) in [6, 6.07) is 68.0. The zero-order valence-electron chi connectivity index (χ0n) is 30.3. The van der Waals surface area contributed by atoms with E-state index in [-0.39, 0.29) is 0 Å². The van der Waals surface area contributed by atoms with Gasteiger partial charge in [0.1, 0.15) is 22.8 Å². The van der Waals surface area contributed by atoms with Crippen LogP contribution in [0.25, 0.3) is 71.7 Å². The summed E-state index contributed by atoms with van der Waals surface area (Å²) < 4.78 is 8.91. The number of nitrogens with one attached hydrogen (secondary N) is 1. The van der Waals surface area contributed by atoms with E-state index in [0.29, 0.717) is 0 Å². The van der Waals surface area contributed by atoms with Crippen molar-refractivity contribution in [2.45, 2.75) is 6.17 Å². The van der Waals surface area contributed by atoms with Crippen LogP contribution < -0.4 is 5.32 Å². The molecule has 3 heterocycles. The van der Waals surface area contributed by atoms with Gasteiger partial charge in [0.15, 0.2) is 6.17 Å². The number of amidine groups is 2. The third kappa shape index (κ3) is 5.40. The molecular formula is C51H34N4O. The molecule has 0 radical (unpaired) electrons. The Hall–Kier alpha value is -7.50. The van der Waals surface area contributed by atoms with Gasteiger partial charge in [-0.3, -0.25) is 0 Å². The van der Waals surface area contributed by atoms with Gasteiger partial charge in [0.05, 0.1) is 11.0 Å². The summed E-state index contributed by atoms with van der Waals surface area (Å²) in [5.41, 5.74) is 12.5. The number of aromatic nitrogens is 1. The Morgan fingerprint density at radius 3 is 1.73 bits per heavy atom. The van der Waals surface area contributed by atoms with E-state index in [1.54, 1.807) is 0 Å². The molecule has 5 heteroatoms. The van der Waals surface area contributed by atoms with Gasteiger partial charge in [0.25, 0.3) is 0 Å². The fourth-order valence-corrected chi connectivity index (χ4v) is 8.23. The van der Waals surface area contributed by atoms with Crippen molar-refractivity contribution in [1.29, 1.82) is 0 Å². The van der Waals surface area contributed by atoms with Crippen LogP contribution in [-0.4, -0.2) is 16.2 Å². The average Bonchev–Trinajstić information content (AvgIpc) is 3.83. The Balaban J connectivity index is 1.10. The van der Waals surface area contributed by atoms with Gasteiger partial charge in [0, 0.05) is 43.9 Å². The summed E-state index contributed by atoms with van der Waals surface area (Å²) in [6.07, 6.45) is -0.520. The lowest BCUT2D eigenvalue weighted by atomic mass is 9.99. The first kappa shape index (κ1) is 32.0. The first-order chi connectivity index (χ1) is 27.7. The molecule has 1 unspecified atom stereocenters. The Kier molecular flexibility index (Phi) is 7.49. The van der Waals surface area contributed by atoms with Crippen LogP contribution in [-0.2, 0) is 0 Å². The van der Waals surface area contributed by atoms with Crippen molar-refractivity contribution in [3.63, 3.8) is 0 Å². The molecule has 1 aliphatic heterocycles. The lowest BCUT2D eigenvalue weighted by molar-refractivity contribution is 0.669. The van der Waals surface area contributed by atoms with E-state index < -0.39 is 6.17 Å². The van der Waals surface area contributed by atoms with E-state index >= 15 is 0 Å². The third-order valence-electron chi connectivity index (χ3n) is 10.8. The number of hydrogen-bond donors (Lipinski definition) is 1. The van der Waals surface area contributed by atoms with Crippen LogP contribution in [0.1, 0.15) is 22.9 Å². The van der Waals surface area contributed by atoms with Crippen LogP contribution in [0, 0.1) is 0 Å². The van der Waals surface area contributed by atoms with Crippen molar-refractivity contribution in [2.24, 2.45) is 9.98 Å². The lowest BCUT2D eigenvalue weighted by Gasteiger charge is -2.23. The van der Waals surface area contributed by atoms with Gasteiger partial charge in [-0.2, -0.15) is 0 Å². The Morgan fingerprint density at radius 1 is 0.429 bits per heavy atom. The third-order valence-corrected chi connectivity index (χ3v) is 10.8. The summed E-state index contributed by atoms with van der Waals surface area (Å²) in [7, 11) is 0. The molecule has 1 aliphatic rings. The van der Waals surface area contributed by atoms with E-state index in [1.807, 2.05) is 30.3 Å². The van der Waals surface area contributed by atoms with Crippen LogP contribution in [0.5, 0.6) is 0 Å². The maximum Gasteiger partial charge on any atom is 0.169 e. The molecule has 1 N–H and O–H groups in total. The topological polar surface area (TPSA) is 54.8 Å². The van der Waals surface area contributed by atoms with Gasteiger partial charge in [-0.05, 0) is 70.8 Å². The summed E-state index contributed by atoms with van der Waals surface area (Å²) in [6.45, 7) is 0. The highest BCUT2D eigenvalue weighted by atomic mass is 16.3. The Labute approximate surface area is 323 Å². The minimum Gasteiger partial charge on any atom is -0.456 e. The first-order valence-electron chi connectivity index (χ1n) is 18.9. The summed E-state index contributed by atoms with van der Waals surface area (Å²) in [5, 5.41) is 8.23. The average molecular weight is 719 g/mol. The van der Waals surface area contributed by atoms with E-state index in [0.717, 1.165) is 89.3 Å². The van der Waals surface area contributed by atoms with Gasteiger partial charge in [0.2, 0.25) is 0 Å². The number of rotatable bonds is 6. The fourth-order valence-electron chi connectivity index (χ4n) is 8.23. The first-order valence-corrected chi connectivity index (χ1v) is 18.9. The molecule has 5 nitrogen and oxygen atoms in total. The zero-order valence-corrected chi connectivity index (χ0v) is 30.3. The monoisotopic (exact) mass is 718 g/mol. The number of para-hydroxylation sites is 2. The Bertz CT molecular complexity index is 3100. The molecule has 56 heavy (non-hydrogen) atoms. The quantitative estimate of drug-likeness (QED) is 0.186. The van der Waals surface area contributed by atoms with Crippen LogP contribution in [0.3, 0.4) is 0 Å². The number of benzene rings is 8. The van der Waals surface area contributed by atoms with E-state index in [9.17, 15) is 0 Å². The number of furan rings is 1. The minimum absolute atomic E-state index is 0.520. The van der Waals surface area contributed by atoms with Crippen LogP contribution in [0.4, 0.5) is 0 Å². The highest BCUT2D eigenvalue weighted by molar-refractivity contribution is 6.18. The largest absolute Gasteiger partial charge is 0.456 e. The predicted molar refractivity (Wildman–Crippen MR) is 231 cm³/mol. The second-order valence-electron chi connectivity index (χ2n) is 14.2. The smallest absolute Gasteiger partial charge is 0.169 e. The molecule has 0 aliphatic carbocycles. The van der Waals surface area contributed by atoms with Crippen molar-refractivity contribution in [3.8, 4) is 27.9 Å². The van der Waals surface area contributed by atoms with Crippen molar-refractivity contribution < 1.29 is 4.42 Å². The van der Waals surface area contributed by atoms with Crippen molar-refractivity contribution in [3.05, 3.63) is 211 Å². The molecule has 0 fully saturated rings. The van der Waals surface area contributed by atoms with E-state index in [1.165, 1.54) is 10.8 Å². The van der Waals surface area contributed by atoms with E-state index in [2.05, 4.69) is 174 Å². The number of aliphatic imine (C=N–C) groups is 2. The standard InChI is InChI=1S/C51H34N4O/c1-4-15-33(16-5-1)37-29-38(31-39(30-37)55-44-24-12-10-21-41(44)42-22-11-13-25-45(42)55)51-53-49(35-19-8-3-9-20-35)52-50(54-51)36-27-28-43-47(32-36)56-46-26-14-23-40(48(43)46)34-17-6-2-7-18-34/h1-32,51H,(H,52,53,54). The second kappa shape index (κ2) is 13.1. The molecule has 0 amide bonds. The molecule has 0 saturated heterocycles. The molecule has 11 rings (SSSR count). The molecule has 10 aromatic rings. The molecule has 0 bridgehead atoms. The predicted octanol–water partition coefficient (Wildman–Crippen LogP) is 12.5. The van der Waals surface area contributed by atoms with Gasteiger partial charge < -0.3 is 14.3 Å². The summed E-state index contributed by atoms with van der Waals surface area (Å²) in [5.74, 6) is 1.50. The molecule has 264 valence electrons. The van der Waals surface area contributed by atoms with Crippen molar-refractivity contribution >= 4 is 55.4 Å². The van der Waals surface area contributed by atoms with Gasteiger partial charge in [-0.25, -0.2) is 9.98 Å². The molecule has 0 saturated carbocycles. The summed E-state index contributed by atoms with van der Waals surface area (Å²) >= 11 is 0. The second-order valence-corrected chi connectivity index (χ2v) is 14.2. The Morgan fingerprint density at radius 2 is 1.04 bits per heavy atom. The molecule has 1 atom stereocenters. The zero-order chi connectivity index (χ0) is 37.0. The van der Waals surface area contributed by atoms with Crippen LogP contribution >= 0.6 is 0 Å². The SMILES string of the molecule is c1ccc(C2=NC(c3cc(-c4ccccc4)cc(-n4c5ccccc5c5ccccc54)c3)N=C(c3ccc4c(c3)oc3cccc(-c5ccccc5)c34)N2)cc1. The number of fused-ring (bicyclic) bond motifs is 6. The lowest BCUT2D eigenvalue weighted by Crippen LogP contribution is -2.36. The number of nitrogens with zero attached hydrogens (tertiary/aromatic N) is 3. The van der Waals surface area contributed by atoms with Gasteiger partial charge >= 0.3 is 0 Å². The van der Waals surface area contributed by atoms with Crippen molar-refractivity contribution in [1.82, 2.24) is 9.88 Å². The van der Waals surface area contributed by atoms with Crippen molar-refractivity contribution in [2.75, 3.05) is 0 Å².